The molecule has 2 rings (SSSR count). The van der Waals surface area contributed by atoms with E-state index in [9.17, 15) is 4.79 Å². The van der Waals surface area contributed by atoms with Gasteiger partial charge in [0.2, 0.25) is 0 Å². The van der Waals surface area contributed by atoms with Gasteiger partial charge in [-0.1, -0.05) is 0 Å². The summed E-state index contributed by atoms with van der Waals surface area (Å²) < 4.78 is 2.19. The van der Waals surface area contributed by atoms with Gasteiger partial charge in [-0.2, -0.15) is 5.10 Å². The van der Waals surface area contributed by atoms with Gasteiger partial charge in [0.05, 0.1) is 11.9 Å². The number of nitrogens with two attached hydrogens (primary N) is 1. The van der Waals surface area contributed by atoms with Gasteiger partial charge < -0.3 is 10.8 Å². The first kappa shape index (κ1) is 9.01. The Morgan fingerprint density at radius 3 is 3.00 bits per heavy atom. The van der Waals surface area contributed by atoms with E-state index >= 15 is 0 Å². The lowest BCUT2D eigenvalue weighted by atomic mass is 10.2. The summed E-state index contributed by atoms with van der Waals surface area (Å²) in [7, 11) is 0. The second-order valence-electron chi connectivity index (χ2n) is 2.77. The van der Waals surface area contributed by atoms with Crippen molar-refractivity contribution < 1.29 is 9.90 Å². The first-order chi connectivity index (χ1) is 6.59. The Morgan fingerprint density at radius 2 is 2.36 bits per heavy atom. The molecule has 72 valence electrons. The maximum absolute atomic E-state index is 10.8. The molecule has 0 aliphatic rings. The van der Waals surface area contributed by atoms with Crippen molar-refractivity contribution in [1.82, 2.24) is 9.61 Å². The lowest BCUT2D eigenvalue weighted by Gasteiger charge is -2.00. The minimum absolute atomic E-state index is 0.106. The summed E-state index contributed by atoms with van der Waals surface area (Å²) in [6.45, 7) is 0. The maximum atomic E-state index is 10.8. The van der Waals surface area contributed by atoms with Crippen molar-refractivity contribution in [3.8, 4) is 0 Å². The Labute approximate surface area is 87.3 Å². The van der Waals surface area contributed by atoms with Gasteiger partial charge in [-0.05, 0) is 22.0 Å². The van der Waals surface area contributed by atoms with Crippen LogP contribution in [0.15, 0.2) is 22.9 Å². The number of hydrogen-bond donors (Lipinski definition) is 2. The summed E-state index contributed by atoms with van der Waals surface area (Å²) >= 11 is 3.24. The van der Waals surface area contributed by atoms with Crippen LogP contribution in [0.2, 0.25) is 0 Å². The second-order valence-corrected chi connectivity index (χ2v) is 3.69. The number of anilines is 1. The van der Waals surface area contributed by atoms with Crippen molar-refractivity contribution in [2.45, 2.75) is 0 Å². The average molecular weight is 256 g/mol. The Bertz CT molecular complexity index is 521. The van der Waals surface area contributed by atoms with E-state index in [2.05, 4.69) is 21.0 Å². The molecule has 0 bridgehead atoms. The van der Waals surface area contributed by atoms with Gasteiger partial charge in [0, 0.05) is 10.7 Å². The van der Waals surface area contributed by atoms with Crippen LogP contribution in [0.5, 0.6) is 0 Å². The molecule has 2 aromatic heterocycles. The molecule has 5 nitrogen and oxygen atoms in total. The first-order valence-electron chi connectivity index (χ1n) is 3.75. The van der Waals surface area contributed by atoms with Gasteiger partial charge in [0.25, 0.3) is 0 Å². The van der Waals surface area contributed by atoms with Gasteiger partial charge in [0.1, 0.15) is 11.1 Å². The largest absolute Gasteiger partial charge is 0.478 e. The van der Waals surface area contributed by atoms with Crippen molar-refractivity contribution in [2.24, 2.45) is 0 Å². The van der Waals surface area contributed by atoms with Crippen molar-refractivity contribution in [3.63, 3.8) is 0 Å². The van der Waals surface area contributed by atoms with Crippen LogP contribution < -0.4 is 5.73 Å². The number of carbonyl (C=O) groups is 1. The first-order valence-corrected chi connectivity index (χ1v) is 4.54. The third-order valence-electron chi connectivity index (χ3n) is 1.84. The molecule has 0 fully saturated rings. The third-order valence-corrected chi connectivity index (χ3v) is 2.27. The molecule has 6 heteroatoms. The molecular weight excluding hydrogens is 250 g/mol. The second kappa shape index (κ2) is 2.98. The number of carboxylic acids is 1. The zero-order chi connectivity index (χ0) is 10.3. The number of halogens is 1. The lowest BCUT2D eigenvalue weighted by Crippen LogP contribution is -1.99. The minimum Gasteiger partial charge on any atom is -0.478 e. The summed E-state index contributed by atoms with van der Waals surface area (Å²) in [5.74, 6) is -1.03. The molecule has 0 saturated carbocycles. The summed E-state index contributed by atoms with van der Waals surface area (Å²) in [6.07, 6.45) is 2.93. The van der Waals surface area contributed by atoms with Crippen LogP contribution in [0.4, 0.5) is 5.69 Å². The number of fused-ring (bicyclic) bond motifs is 1. The normalized spacial score (nSPS) is 10.6. The molecule has 0 atom stereocenters. The van der Waals surface area contributed by atoms with Gasteiger partial charge in [0.15, 0.2) is 0 Å². The van der Waals surface area contributed by atoms with E-state index in [1.165, 1.54) is 10.7 Å². The Kier molecular flexibility index (Phi) is 1.92. The quantitative estimate of drug-likeness (QED) is 0.807. The molecule has 0 unspecified atom stereocenters. The highest BCUT2D eigenvalue weighted by Gasteiger charge is 2.13. The number of nitrogen functional groups attached to an aromatic ring is 1. The van der Waals surface area contributed by atoms with Gasteiger partial charge >= 0.3 is 5.97 Å². The Morgan fingerprint density at radius 1 is 1.64 bits per heavy atom. The topological polar surface area (TPSA) is 80.6 Å². The van der Waals surface area contributed by atoms with Crippen molar-refractivity contribution >= 4 is 33.1 Å². The molecule has 0 saturated heterocycles. The molecule has 2 heterocycles. The van der Waals surface area contributed by atoms with Crippen molar-refractivity contribution in [3.05, 3.63) is 28.5 Å². The van der Waals surface area contributed by atoms with E-state index in [4.69, 9.17) is 10.8 Å². The van der Waals surface area contributed by atoms with Crippen LogP contribution in [0, 0.1) is 0 Å². The van der Waals surface area contributed by atoms with E-state index < -0.39 is 5.97 Å². The molecule has 0 aromatic carbocycles. The highest BCUT2D eigenvalue weighted by Crippen LogP contribution is 2.22. The fraction of sp³-hybridized carbons (Fsp3) is 0. The molecule has 3 N–H and O–H groups in total. The fourth-order valence-electron chi connectivity index (χ4n) is 1.28. The third kappa shape index (κ3) is 1.24. The fourth-order valence-corrected chi connectivity index (χ4v) is 1.72. The smallest absolute Gasteiger partial charge is 0.339 e. The van der Waals surface area contributed by atoms with Crippen LogP contribution in [0.1, 0.15) is 10.4 Å². The predicted molar refractivity (Wildman–Crippen MR) is 54.3 cm³/mol. The van der Waals surface area contributed by atoms with Crippen LogP contribution in [-0.4, -0.2) is 20.7 Å². The lowest BCUT2D eigenvalue weighted by molar-refractivity contribution is 0.0699. The monoisotopic (exact) mass is 255 g/mol. The highest BCUT2D eigenvalue weighted by atomic mass is 79.9. The van der Waals surface area contributed by atoms with Crippen LogP contribution >= 0.6 is 15.9 Å². The number of aromatic carboxylic acids is 1. The summed E-state index contributed by atoms with van der Waals surface area (Å²) in [5, 5.41) is 12.7. The molecule has 0 amide bonds. The molecule has 2 aromatic rings. The molecule has 14 heavy (non-hydrogen) atoms. The summed E-state index contributed by atoms with van der Waals surface area (Å²) in [4.78, 5) is 10.8. The molecule has 0 spiro atoms. The van der Waals surface area contributed by atoms with Crippen molar-refractivity contribution in [1.29, 1.82) is 0 Å². The molecule has 0 radical (unpaired) electrons. The summed E-state index contributed by atoms with van der Waals surface area (Å²) in [5.41, 5.74) is 6.59. The SMILES string of the molecule is Nc1cc(Br)cn2ncc(C(=O)O)c12. The Hall–Kier alpha value is -1.56. The van der Waals surface area contributed by atoms with E-state index in [0.717, 1.165) is 4.47 Å². The summed E-state index contributed by atoms with van der Waals surface area (Å²) in [6, 6.07) is 1.64. The number of rotatable bonds is 1. The maximum Gasteiger partial charge on any atom is 0.339 e. The van der Waals surface area contributed by atoms with E-state index in [0.29, 0.717) is 11.2 Å². The molecular formula is C8H6BrN3O2. The van der Waals surface area contributed by atoms with Gasteiger partial charge in [-0.25, -0.2) is 9.31 Å². The highest BCUT2D eigenvalue weighted by molar-refractivity contribution is 9.10. The van der Waals surface area contributed by atoms with Crippen LogP contribution in [-0.2, 0) is 0 Å². The van der Waals surface area contributed by atoms with Gasteiger partial charge in [-0.15, -0.1) is 0 Å². The van der Waals surface area contributed by atoms with Crippen molar-refractivity contribution in [2.75, 3.05) is 5.73 Å². The average Bonchev–Trinajstić information content (AvgIpc) is 2.47. The predicted octanol–water partition coefficient (Wildman–Crippen LogP) is 1.38. The van der Waals surface area contributed by atoms with E-state index in [-0.39, 0.29) is 5.56 Å². The number of pyridine rings is 1. The van der Waals surface area contributed by atoms with Crippen LogP contribution in [0.3, 0.4) is 0 Å². The number of aromatic nitrogens is 2. The van der Waals surface area contributed by atoms with Crippen LogP contribution in [0.25, 0.3) is 5.52 Å². The number of nitrogens with zero attached hydrogens (tertiary/aromatic N) is 2. The van der Waals surface area contributed by atoms with E-state index in [1.807, 2.05) is 0 Å². The minimum atomic E-state index is -1.03. The van der Waals surface area contributed by atoms with Gasteiger partial charge in [-0.3, -0.25) is 0 Å². The number of carboxylic acid groups (broad SMARTS) is 1. The zero-order valence-corrected chi connectivity index (χ0v) is 8.52. The number of hydrogen-bond acceptors (Lipinski definition) is 3. The standard InChI is InChI=1S/C8H6BrN3O2/c9-4-1-6(10)7-5(8(13)14)2-11-12(7)3-4/h1-3H,10H2,(H,13,14). The zero-order valence-electron chi connectivity index (χ0n) is 6.94. The molecule has 0 aliphatic carbocycles. The molecule has 0 aliphatic heterocycles. The van der Waals surface area contributed by atoms with E-state index in [1.54, 1.807) is 12.3 Å². The Balaban J connectivity index is 2.85.